The molecule has 1 aromatic heterocycles. The highest BCUT2D eigenvalue weighted by Gasteiger charge is 2.12. The Hall–Kier alpha value is -1.59. The molecule has 2 rings (SSSR count). The van der Waals surface area contributed by atoms with Crippen molar-refractivity contribution >= 4 is 10.0 Å². The lowest BCUT2D eigenvalue weighted by Crippen LogP contribution is -2.22. The Balaban J connectivity index is 2.09. The largest absolute Gasteiger partial charge is 0.357 e. The molecule has 0 atom stereocenters. The van der Waals surface area contributed by atoms with Crippen LogP contribution in [0.4, 0.5) is 0 Å². The van der Waals surface area contributed by atoms with Crippen molar-refractivity contribution in [1.29, 1.82) is 0 Å². The minimum Gasteiger partial charge on any atom is -0.357 e. The maximum atomic E-state index is 11.9. The fourth-order valence-electron chi connectivity index (χ4n) is 1.53. The van der Waals surface area contributed by atoms with Crippen LogP contribution in [0.1, 0.15) is 5.56 Å². The fraction of sp³-hybridized carbons (Fsp3) is 0.167. The molecule has 1 N–H and O–H groups in total. The molecule has 0 unspecified atom stereocenters. The molecular weight excluding hydrogens is 236 g/mol. The molecule has 0 aliphatic carbocycles. The third kappa shape index (κ3) is 2.95. The lowest BCUT2D eigenvalue weighted by atomic mass is 10.3. The second-order valence-electron chi connectivity index (χ2n) is 3.82. The number of benzene rings is 1. The molecule has 4 nitrogen and oxygen atoms in total. The molecule has 0 fully saturated rings. The van der Waals surface area contributed by atoms with Gasteiger partial charge in [0.2, 0.25) is 10.0 Å². The van der Waals surface area contributed by atoms with Crippen LogP contribution < -0.4 is 4.72 Å². The molecule has 90 valence electrons. The van der Waals surface area contributed by atoms with Gasteiger partial charge in [0, 0.05) is 26.0 Å². The summed E-state index contributed by atoms with van der Waals surface area (Å²) >= 11 is 0. The molecule has 0 aliphatic rings. The van der Waals surface area contributed by atoms with Crippen molar-refractivity contribution in [2.45, 2.75) is 11.4 Å². The van der Waals surface area contributed by atoms with Crippen molar-refractivity contribution in [2.24, 2.45) is 7.05 Å². The predicted molar refractivity (Wildman–Crippen MR) is 65.9 cm³/mol. The lowest BCUT2D eigenvalue weighted by molar-refractivity contribution is 0.581. The molecular formula is C12H14N2O2S. The molecule has 0 saturated carbocycles. The quantitative estimate of drug-likeness (QED) is 0.894. The summed E-state index contributed by atoms with van der Waals surface area (Å²) in [6.07, 6.45) is 3.76. The molecule has 2 aromatic rings. The number of sulfonamides is 1. The van der Waals surface area contributed by atoms with Gasteiger partial charge in [0.15, 0.2) is 0 Å². The summed E-state index contributed by atoms with van der Waals surface area (Å²) in [6.45, 7) is 0.304. The summed E-state index contributed by atoms with van der Waals surface area (Å²) in [4.78, 5) is 0.288. The number of rotatable bonds is 4. The normalized spacial score (nSPS) is 11.6. The van der Waals surface area contributed by atoms with Gasteiger partial charge >= 0.3 is 0 Å². The van der Waals surface area contributed by atoms with Crippen LogP contribution in [0, 0.1) is 0 Å². The van der Waals surface area contributed by atoms with E-state index in [2.05, 4.69) is 4.72 Å². The second kappa shape index (κ2) is 4.73. The zero-order valence-corrected chi connectivity index (χ0v) is 10.3. The Kier molecular flexibility index (Phi) is 3.31. The molecule has 0 saturated heterocycles. The van der Waals surface area contributed by atoms with Crippen LogP contribution >= 0.6 is 0 Å². The molecule has 17 heavy (non-hydrogen) atoms. The predicted octanol–water partition coefficient (Wildman–Crippen LogP) is 1.50. The van der Waals surface area contributed by atoms with Gasteiger partial charge in [-0.05, 0) is 23.8 Å². The standard InChI is InChI=1S/C12H14N2O2S/c1-14-8-7-11(10-14)9-13-17(15,16)12-5-3-2-4-6-12/h2-8,10,13H,9H2,1H3. The Morgan fingerprint density at radius 3 is 2.47 bits per heavy atom. The number of hydrogen-bond donors (Lipinski definition) is 1. The number of aryl methyl sites for hydroxylation is 1. The maximum absolute atomic E-state index is 11.9. The van der Waals surface area contributed by atoms with Crippen molar-refractivity contribution in [3.05, 3.63) is 54.4 Å². The Morgan fingerprint density at radius 1 is 1.18 bits per heavy atom. The third-order valence-corrected chi connectivity index (χ3v) is 3.83. The minimum atomic E-state index is -3.41. The summed E-state index contributed by atoms with van der Waals surface area (Å²) in [5, 5.41) is 0. The number of nitrogens with one attached hydrogen (secondary N) is 1. The van der Waals surface area contributed by atoms with E-state index in [-0.39, 0.29) is 4.90 Å². The minimum absolute atomic E-state index is 0.288. The van der Waals surface area contributed by atoms with Crippen molar-refractivity contribution in [2.75, 3.05) is 0 Å². The highest BCUT2D eigenvalue weighted by atomic mass is 32.2. The first-order valence-electron chi connectivity index (χ1n) is 5.23. The van der Waals surface area contributed by atoms with E-state index < -0.39 is 10.0 Å². The monoisotopic (exact) mass is 250 g/mol. The number of aromatic nitrogens is 1. The molecule has 1 aromatic carbocycles. The van der Waals surface area contributed by atoms with Gasteiger partial charge in [-0.1, -0.05) is 18.2 Å². The topological polar surface area (TPSA) is 51.1 Å². The van der Waals surface area contributed by atoms with E-state index in [1.807, 2.05) is 30.1 Å². The second-order valence-corrected chi connectivity index (χ2v) is 5.59. The molecule has 0 radical (unpaired) electrons. The van der Waals surface area contributed by atoms with Crippen molar-refractivity contribution in [3.8, 4) is 0 Å². The molecule has 0 spiro atoms. The number of nitrogens with zero attached hydrogens (tertiary/aromatic N) is 1. The lowest BCUT2D eigenvalue weighted by Gasteiger charge is -2.05. The van der Waals surface area contributed by atoms with Gasteiger partial charge in [0.25, 0.3) is 0 Å². The van der Waals surface area contributed by atoms with Crippen molar-refractivity contribution in [3.63, 3.8) is 0 Å². The van der Waals surface area contributed by atoms with E-state index in [1.165, 1.54) is 0 Å². The van der Waals surface area contributed by atoms with Crippen molar-refractivity contribution < 1.29 is 8.42 Å². The Bertz CT molecular complexity index is 588. The highest BCUT2D eigenvalue weighted by Crippen LogP contribution is 2.08. The SMILES string of the molecule is Cn1ccc(CNS(=O)(=O)c2ccccc2)c1. The van der Waals surface area contributed by atoms with Crippen LogP contribution in [-0.2, 0) is 23.6 Å². The van der Waals surface area contributed by atoms with Crippen LogP contribution in [0.5, 0.6) is 0 Å². The van der Waals surface area contributed by atoms with Crippen LogP contribution in [0.3, 0.4) is 0 Å². The summed E-state index contributed by atoms with van der Waals surface area (Å²) in [6, 6.07) is 10.2. The van der Waals surface area contributed by atoms with Gasteiger partial charge in [-0.15, -0.1) is 0 Å². The molecule has 5 heteroatoms. The maximum Gasteiger partial charge on any atom is 0.240 e. The summed E-state index contributed by atoms with van der Waals surface area (Å²) < 4.78 is 28.2. The van der Waals surface area contributed by atoms with Crippen LogP contribution in [0.2, 0.25) is 0 Å². The first-order valence-corrected chi connectivity index (χ1v) is 6.72. The molecule has 1 heterocycles. The van der Waals surface area contributed by atoms with Gasteiger partial charge in [-0.3, -0.25) is 0 Å². The van der Waals surface area contributed by atoms with E-state index in [1.54, 1.807) is 30.3 Å². The van der Waals surface area contributed by atoms with E-state index >= 15 is 0 Å². The summed E-state index contributed by atoms with van der Waals surface area (Å²) in [7, 11) is -1.51. The van der Waals surface area contributed by atoms with Crippen LogP contribution in [-0.4, -0.2) is 13.0 Å². The zero-order valence-electron chi connectivity index (χ0n) is 9.50. The highest BCUT2D eigenvalue weighted by molar-refractivity contribution is 7.89. The first-order chi connectivity index (χ1) is 8.08. The van der Waals surface area contributed by atoms with Gasteiger partial charge in [0.1, 0.15) is 0 Å². The summed E-state index contributed by atoms with van der Waals surface area (Å²) in [5.74, 6) is 0. The summed E-state index contributed by atoms with van der Waals surface area (Å²) in [5.41, 5.74) is 0.937. The van der Waals surface area contributed by atoms with Gasteiger partial charge < -0.3 is 4.57 Å². The van der Waals surface area contributed by atoms with Gasteiger partial charge in [0.05, 0.1) is 4.90 Å². The van der Waals surface area contributed by atoms with E-state index in [4.69, 9.17) is 0 Å². The first kappa shape index (κ1) is 11.9. The molecule has 0 amide bonds. The van der Waals surface area contributed by atoms with Crippen molar-refractivity contribution in [1.82, 2.24) is 9.29 Å². The average Bonchev–Trinajstić information content (AvgIpc) is 2.74. The zero-order chi connectivity index (χ0) is 12.3. The molecule has 0 bridgehead atoms. The Morgan fingerprint density at radius 2 is 1.88 bits per heavy atom. The fourth-order valence-corrected chi connectivity index (χ4v) is 2.57. The van der Waals surface area contributed by atoms with Crippen LogP contribution in [0.25, 0.3) is 0 Å². The number of hydrogen-bond acceptors (Lipinski definition) is 2. The molecule has 0 aliphatic heterocycles. The van der Waals surface area contributed by atoms with Gasteiger partial charge in [-0.25, -0.2) is 13.1 Å². The smallest absolute Gasteiger partial charge is 0.240 e. The van der Waals surface area contributed by atoms with E-state index in [9.17, 15) is 8.42 Å². The van der Waals surface area contributed by atoms with Gasteiger partial charge in [-0.2, -0.15) is 0 Å². The average molecular weight is 250 g/mol. The van der Waals surface area contributed by atoms with Crippen LogP contribution in [0.15, 0.2) is 53.7 Å². The third-order valence-electron chi connectivity index (χ3n) is 2.41. The van der Waals surface area contributed by atoms with E-state index in [0.717, 1.165) is 5.56 Å². The Labute approximate surface area is 101 Å². The van der Waals surface area contributed by atoms with E-state index in [0.29, 0.717) is 6.54 Å².